The average Bonchev–Trinajstić information content (AvgIpc) is 2.66. The van der Waals surface area contributed by atoms with Gasteiger partial charge in [-0.3, -0.25) is 19.7 Å². The quantitative estimate of drug-likeness (QED) is 0.378. The van der Waals surface area contributed by atoms with E-state index < -0.39 is 10.8 Å². The molecule has 146 valence electrons. The summed E-state index contributed by atoms with van der Waals surface area (Å²) in [4.78, 5) is 34.3. The largest absolute Gasteiger partial charge is 0.486 e. The number of nitrogens with zero attached hydrogens (tertiary/aromatic N) is 1. The molecule has 11 heteroatoms. The van der Waals surface area contributed by atoms with Crippen molar-refractivity contribution in [3.63, 3.8) is 0 Å². The second kappa shape index (κ2) is 8.48. The highest BCUT2D eigenvalue weighted by atomic mass is 79.9. The molecule has 1 aliphatic rings. The molecule has 0 unspecified atom stereocenters. The number of anilines is 1. The van der Waals surface area contributed by atoms with Crippen molar-refractivity contribution in [1.29, 1.82) is 0 Å². The fraction of sp³-hybridized carbons (Fsp3) is 0.176. The van der Waals surface area contributed by atoms with Gasteiger partial charge in [0.25, 0.3) is 5.69 Å². The zero-order valence-corrected chi connectivity index (χ0v) is 16.7. The van der Waals surface area contributed by atoms with Crippen LogP contribution in [0.4, 0.5) is 11.4 Å². The number of hydrogen-bond donors (Lipinski definition) is 2. The van der Waals surface area contributed by atoms with E-state index in [1.807, 2.05) is 0 Å². The second-order valence-corrected chi connectivity index (χ2v) is 7.49. The lowest BCUT2D eigenvalue weighted by atomic mass is 10.2. The predicted octanol–water partition coefficient (Wildman–Crippen LogP) is 2.96. The number of rotatable bonds is 6. The summed E-state index contributed by atoms with van der Waals surface area (Å²) in [6.07, 6.45) is 0. The van der Waals surface area contributed by atoms with Crippen molar-refractivity contribution >= 4 is 50.9 Å². The first-order chi connectivity index (χ1) is 13.3. The summed E-state index contributed by atoms with van der Waals surface area (Å²) in [5.74, 6) is -0.0975. The lowest BCUT2D eigenvalue weighted by Gasteiger charge is -2.20. The third kappa shape index (κ3) is 4.54. The molecule has 1 aliphatic heterocycles. The maximum Gasteiger partial charge on any atom is 0.283 e. The topological polar surface area (TPSA) is 134 Å². The summed E-state index contributed by atoms with van der Waals surface area (Å²) in [5.41, 5.74) is 5.39. The summed E-state index contributed by atoms with van der Waals surface area (Å²) in [6, 6.07) is 7.22. The van der Waals surface area contributed by atoms with Crippen LogP contribution in [0.5, 0.6) is 11.5 Å². The Morgan fingerprint density at radius 2 is 1.89 bits per heavy atom. The number of nitro groups is 1. The van der Waals surface area contributed by atoms with Gasteiger partial charge in [-0.05, 0) is 28.1 Å². The number of nitrogens with one attached hydrogen (secondary N) is 1. The molecule has 0 fully saturated rings. The van der Waals surface area contributed by atoms with E-state index in [9.17, 15) is 19.7 Å². The maximum absolute atomic E-state index is 12.3. The van der Waals surface area contributed by atoms with Gasteiger partial charge in [0.15, 0.2) is 11.5 Å². The Bertz CT molecular complexity index is 968. The number of halogens is 1. The number of nitro benzene ring substituents is 1. The summed E-state index contributed by atoms with van der Waals surface area (Å²) < 4.78 is 11.6. The van der Waals surface area contributed by atoms with Crippen LogP contribution in [0, 0.1) is 10.1 Å². The van der Waals surface area contributed by atoms with Crippen LogP contribution in [0.2, 0.25) is 0 Å². The average molecular weight is 468 g/mol. The molecule has 3 N–H and O–H groups in total. The van der Waals surface area contributed by atoms with Crippen molar-refractivity contribution in [2.24, 2.45) is 5.73 Å². The van der Waals surface area contributed by atoms with Crippen molar-refractivity contribution in [3.8, 4) is 11.5 Å². The van der Waals surface area contributed by atoms with Crippen LogP contribution >= 0.6 is 27.7 Å². The predicted molar refractivity (Wildman–Crippen MR) is 106 cm³/mol. The van der Waals surface area contributed by atoms with E-state index in [-0.39, 0.29) is 27.8 Å². The van der Waals surface area contributed by atoms with Crippen molar-refractivity contribution in [2.45, 2.75) is 4.90 Å². The van der Waals surface area contributed by atoms with Crippen LogP contribution in [0.15, 0.2) is 39.7 Å². The molecule has 2 aromatic rings. The first-order valence-electron chi connectivity index (χ1n) is 7.95. The van der Waals surface area contributed by atoms with E-state index in [0.29, 0.717) is 34.9 Å². The number of fused-ring (bicyclic) bond motifs is 1. The van der Waals surface area contributed by atoms with E-state index >= 15 is 0 Å². The molecule has 0 saturated heterocycles. The number of thioether (sulfide) groups is 1. The molecule has 0 aromatic heterocycles. The lowest BCUT2D eigenvalue weighted by Crippen LogP contribution is -2.17. The minimum atomic E-state index is -0.763. The monoisotopic (exact) mass is 467 g/mol. The van der Waals surface area contributed by atoms with Crippen molar-refractivity contribution in [2.75, 3.05) is 24.3 Å². The van der Waals surface area contributed by atoms with Crippen LogP contribution in [0.25, 0.3) is 0 Å². The molecule has 1 heterocycles. The molecular weight excluding hydrogens is 454 g/mol. The van der Waals surface area contributed by atoms with Crippen molar-refractivity contribution in [3.05, 3.63) is 50.5 Å². The highest BCUT2D eigenvalue weighted by molar-refractivity contribution is 9.10. The SMILES string of the molecule is NC(=O)c1ccc(SCC(=O)Nc2cc3c(cc2Br)OCCO3)c([N+](=O)[O-])c1. The van der Waals surface area contributed by atoms with Crippen LogP contribution in [0.3, 0.4) is 0 Å². The van der Waals surface area contributed by atoms with Crippen molar-refractivity contribution in [1.82, 2.24) is 0 Å². The third-order valence-corrected chi connectivity index (χ3v) is 5.42. The molecule has 0 atom stereocenters. The highest BCUT2D eigenvalue weighted by Gasteiger charge is 2.19. The number of nitrogens with two attached hydrogens (primary N) is 1. The fourth-order valence-corrected chi connectivity index (χ4v) is 3.65. The second-order valence-electron chi connectivity index (χ2n) is 5.62. The first-order valence-corrected chi connectivity index (χ1v) is 9.73. The van der Waals surface area contributed by atoms with Gasteiger partial charge in [0, 0.05) is 28.2 Å². The van der Waals surface area contributed by atoms with Gasteiger partial charge < -0.3 is 20.5 Å². The molecule has 2 aromatic carbocycles. The van der Waals surface area contributed by atoms with E-state index in [2.05, 4.69) is 21.2 Å². The normalized spacial score (nSPS) is 12.3. The number of ether oxygens (including phenoxy) is 2. The Kier molecular flexibility index (Phi) is 6.05. The number of amides is 2. The molecular formula is C17H14BrN3O6S. The number of benzene rings is 2. The molecule has 2 amide bonds. The molecule has 0 bridgehead atoms. The van der Waals surface area contributed by atoms with Crippen LogP contribution in [-0.4, -0.2) is 35.7 Å². The fourth-order valence-electron chi connectivity index (χ4n) is 2.42. The van der Waals surface area contributed by atoms with Gasteiger partial charge in [0.2, 0.25) is 11.8 Å². The number of carbonyl (C=O) groups excluding carboxylic acids is 2. The number of primary amides is 1. The summed E-state index contributed by atoms with van der Waals surface area (Å²) in [7, 11) is 0. The zero-order chi connectivity index (χ0) is 20.3. The van der Waals surface area contributed by atoms with E-state index in [1.165, 1.54) is 12.1 Å². The van der Waals surface area contributed by atoms with Gasteiger partial charge in [-0.15, -0.1) is 11.8 Å². The number of carbonyl (C=O) groups is 2. The van der Waals surface area contributed by atoms with E-state index in [4.69, 9.17) is 15.2 Å². The van der Waals surface area contributed by atoms with Crippen LogP contribution < -0.4 is 20.5 Å². The Hall–Kier alpha value is -2.79. The minimum absolute atomic E-state index is 0.0284. The Balaban J connectivity index is 1.69. The standard InChI is InChI=1S/C17H14BrN3O6S/c18-10-6-13-14(27-4-3-26-13)7-11(10)20-16(22)8-28-15-2-1-9(17(19)23)5-12(15)21(24)25/h1-2,5-7H,3-4,8H2,(H2,19,23)(H,20,22). The summed E-state index contributed by atoms with van der Waals surface area (Å²) in [6.45, 7) is 0.873. The highest BCUT2D eigenvalue weighted by Crippen LogP contribution is 2.38. The molecule has 28 heavy (non-hydrogen) atoms. The molecule has 0 saturated carbocycles. The van der Waals surface area contributed by atoms with Gasteiger partial charge in [0.1, 0.15) is 13.2 Å². The maximum atomic E-state index is 12.3. The Morgan fingerprint density at radius 3 is 2.54 bits per heavy atom. The van der Waals surface area contributed by atoms with Gasteiger partial charge >= 0.3 is 0 Å². The molecule has 3 rings (SSSR count). The van der Waals surface area contributed by atoms with Gasteiger partial charge in [0.05, 0.1) is 21.3 Å². The smallest absolute Gasteiger partial charge is 0.283 e. The van der Waals surface area contributed by atoms with Gasteiger partial charge in [-0.1, -0.05) is 0 Å². The minimum Gasteiger partial charge on any atom is -0.486 e. The van der Waals surface area contributed by atoms with Crippen molar-refractivity contribution < 1.29 is 24.0 Å². The van der Waals surface area contributed by atoms with E-state index in [0.717, 1.165) is 17.8 Å². The van der Waals surface area contributed by atoms with Crippen LogP contribution in [-0.2, 0) is 4.79 Å². The third-order valence-electron chi connectivity index (χ3n) is 3.70. The number of hydrogen-bond acceptors (Lipinski definition) is 7. The lowest BCUT2D eigenvalue weighted by molar-refractivity contribution is -0.387. The Labute approximate surface area is 171 Å². The first kappa shape index (κ1) is 20.0. The summed E-state index contributed by atoms with van der Waals surface area (Å²) in [5, 5.41) is 13.9. The Morgan fingerprint density at radius 1 is 1.21 bits per heavy atom. The van der Waals surface area contributed by atoms with E-state index in [1.54, 1.807) is 12.1 Å². The molecule has 0 spiro atoms. The van der Waals surface area contributed by atoms with Gasteiger partial charge in [-0.2, -0.15) is 0 Å². The molecule has 0 radical (unpaired) electrons. The summed E-state index contributed by atoms with van der Waals surface area (Å²) >= 11 is 4.34. The molecule has 0 aliphatic carbocycles. The molecule has 9 nitrogen and oxygen atoms in total. The zero-order valence-electron chi connectivity index (χ0n) is 14.3. The van der Waals surface area contributed by atoms with Crippen LogP contribution in [0.1, 0.15) is 10.4 Å². The van der Waals surface area contributed by atoms with Gasteiger partial charge in [-0.25, -0.2) is 0 Å².